The molecule has 0 aliphatic heterocycles. The topological polar surface area (TPSA) is 35.9 Å². The van der Waals surface area contributed by atoms with Crippen LogP contribution in [-0.2, 0) is 26.5 Å². The zero-order valence-electron chi connectivity index (χ0n) is 51.6. The van der Waals surface area contributed by atoms with Crippen LogP contribution in [0.3, 0.4) is 0 Å². The van der Waals surface area contributed by atoms with Gasteiger partial charge in [0.05, 0.1) is 30.4 Å². The van der Waals surface area contributed by atoms with E-state index in [2.05, 4.69) is 39.2 Å². The predicted octanol–water partition coefficient (Wildman–Crippen LogP) is 14.5. The average Bonchev–Trinajstić information content (AvgIpc) is 4.19. The molecule has 8 aromatic carbocycles. The first-order chi connectivity index (χ1) is 38.3. The van der Waals surface area contributed by atoms with Gasteiger partial charge >= 0.3 is 0 Å². The summed E-state index contributed by atoms with van der Waals surface area (Å²) >= 11 is 0. The minimum Gasteiger partial charge on any atom is -0.510 e. The Morgan fingerprint density at radius 2 is 1.30 bits per heavy atom. The van der Waals surface area contributed by atoms with Crippen molar-refractivity contribution in [3.8, 4) is 62.1 Å². The van der Waals surface area contributed by atoms with Crippen molar-refractivity contribution >= 4 is 32.8 Å². The number of ether oxygens (including phenoxy) is 1. The van der Waals surface area contributed by atoms with Crippen molar-refractivity contribution in [2.75, 3.05) is 0 Å². The molecule has 0 atom stereocenters. The third kappa shape index (κ3) is 7.53. The fourth-order valence-corrected chi connectivity index (χ4v) is 8.42. The van der Waals surface area contributed by atoms with Crippen LogP contribution in [0, 0.1) is 32.2 Å². The van der Waals surface area contributed by atoms with E-state index in [4.69, 9.17) is 31.7 Å². The van der Waals surface area contributed by atoms with E-state index in [9.17, 15) is 0 Å². The van der Waals surface area contributed by atoms with Crippen LogP contribution in [0.15, 0.2) is 188 Å². The summed E-state index contributed by atoms with van der Waals surface area (Å²) in [5.41, 5.74) is 3.14. The van der Waals surface area contributed by atoms with Gasteiger partial charge in [-0.2, -0.15) is 18.2 Å². The molecule has 0 unspecified atom stereocenters. The second-order valence-corrected chi connectivity index (χ2v) is 16.5. The summed E-state index contributed by atoms with van der Waals surface area (Å²) in [5.74, 6) is 0.932. The van der Waals surface area contributed by atoms with E-state index in [0.717, 1.165) is 5.56 Å². The molecule has 324 valence electrons. The zero-order valence-corrected chi connectivity index (χ0v) is 37.9. The van der Waals surface area contributed by atoms with Crippen LogP contribution in [0.25, 0.3) is 83.4 Å². The smallest absolute Gasteiger partial charge is 0.268 e. The van der Waals surface area contributed by atoms with Gasteiger partial charge in [-0.05, 0) is 86.8 Å². The minimum absolute atomic E-state index is 0. The first-order valence-corrected chi connectivity index (χ1v) is 20.8. The van der Waals surface area contributed by atoms with Gasteiger partial charge in [-0.3, -0.25) is 4.57 Å². The molecule has 0 aliphatic carbocycles. The molecule has 3 heterocycles. The molecular weight excluding hydrogens is 988 g/mol. The van der Waals surface area contributed by atoms with Gasteiger partial charge in [0.25, 0.3) is 6.33 Å². The number of rotatable bonds is 8. The van der Waals surface area contributed by atoms with Crippen molar-refractivity contribution in [2.24, 2.45) is 0 Å². The number of hydrogen-bond acceptors (Lipinski definition) is 2. The van der Waals surface area contributed by atoms with Crippen molar-refractivity contribution in [3.05, 3.63) is 223 Å². The summed E-state index contributed by atoms with van der Waals surface area (Å²) in [6.07, 6.45) is 5.06. The molecule has 0 N–H and O–H groups in total. The van der Waals surface area contributed by atoms with Crippen molar-refractivity contribution in [2.45, 2.75) is 39.9 Å². The Hall–Kier alpha value is -7.33. The molecule has 11 aromatic rings. The van der Waals surface area contributed by atoms with Crippen molar-refractivity contribution < 1.29 is 52.3 Å². The second-order valence-electron chi connectivity index (χ2n) is 16.5. The van der Waals surface area contributed by atoms with E-state index in [0.29, 0.717) is 49.9 Å². The van der Waals surface area contributed by atoms with Gasteiger partial charge in [-0.25, -0.2) is 4.98 Å². The molecule has 0 radical (unpaired) electrons. The standard InChI is InChI=1S/C60H46N4O.Pt/c1-40-18-14-19-41(2)57(40)52-29-17-28-51-50-33-32-47(38-55(50)64(59(51)52)56-36-44(34-35-61-56)60(3,4)5)65-46-25-15-24-45(37-46)62-39-63(54-31-13-12-30-53(54)62)58-48(42-20-8-6-9-21-42)26-16-27-49(58)43-22-10-7-11-23-43;/h6-36H,1-5H3;/q-2;/i1D3,2D3,6D,7D,8D,9D,10D,11D,20D,21D,22D,23D;. The maximum absolute atomic E-state index is 9.05. The zero-order chi connectivity index (χ0) is 57.9. The Labute approximate surface area is 423 Å². The van der Waals surface area contributed by atoms with Crippen LogP contribution in [0.1, 0.15) is 59.4 Å². The van der Waals surface area contributed by atoms with Crippen LogP contribution in [-0.4, -0.2) is 14.1 Å². The number of imidazole rings is 1. The van der Waals surface area contributed by atoms with Gasteiger partial charge in [0, 0.05) is 58.1 Å². The van der Waals surface area contributed by atoms with Crippen molar-refractivity contribution in [1.82, 2.24) is 14.1 Å². The Balaban J connectivity index is 0.00000753. The van der Waals surface area contributed by atoms with Gasteiger partial charge in [-0.15, -0.1) is 29.7 Å². The number of aryl methyl sites for hydroxylation is 2. The number of pyridine rings is 1. The Morgan fingerprint density at radius 3 is 2.02 bits per heavy atom. The van der Waals surface area contributed by atoms with E-state index in [1.165, 1.54) is 24.3 Å². The van der Waals surface area contributed by atoms with E-state index in [1.54, 1.807) is 88.1 Å². The summed E-state index contributed by atoms with van der Waals surface area (Å²) in [6, 6.07) is 35.2. The molecule has 66 heavy (non-hydrogen) atoms. The number of hydrogen-bond donors (Lipinski definition) is 0. The maximum Gasteiger partial charge on any atom is 0.268 e. The third-order valence-corrected chi connectivity index (χ3v) is 11.4. The fourth-order valence-electron chi connectivity index (χ4n) is 8.42. The first-order valence-electron chi connectivity index (χ1n) is 28.8. The number of benzene rings is 8. The summed E-state index contributed by atoms with van der Waals surface area (Å²) in [7, 11) is 0. The number of aromatic nitrogens is 4. The molecule has 6 heteroatoms. The van der Waals surface area contributed by atoms with Crippen LogP contribution < -0.4 is 9.30 Å². The number of fused-ring (bicyclic) bond motifs is 4. The average molecular weight is 1050 g/mol. The summed E-state index contributed by atoms with van der Waals surface area (Å²) in [6.45, 7) is 0.847. The predicted molar refractivity (Wildman–Crippen MR) is 264 cm³/mol. The third-order valence-electron chi connectivity index (χ3n) is 11.4. The molecule has 0 aliphatic rings. The molecule has 0 fully saturated rings. The molecule has 0 saturated heterocycles. The van der Waals surface area contributed by atoms with E-state index < -0.39 is 74.1 Å². The maximum atomic E-state index is 9.05. The summed E-state index contributed by atoms with van der Waals surface area (Å²) in [4.78, 5) is 4.84. The Kier molecular flexibility index (Phi) is 7.28. The molecular formula is C60H46N4OPt-2. The van der Waals surface area contributed by atoms with E-state index >= 15 is 0 Å². The van der Waals surface area contributed by atoms with Gasteiger partial charge in [0.15, 0.2) is 0 Å². The van der Waals surface area contributed by atoms with E-state index in [1.807, 2.05) is 28.8 Å². The minimum atomic E-state index is -2.68. The van der Waals surface area contributed by atoms with Crippen LogP contribution in [0.4, 0.5) is 0 Å². The second kappa shape index (κ2) is 17.2. The quantitative estimate of drug-likeness (QED) is 0.112. The van der Waals surface area contributed by atoms with Gasteiger partial charge in [0.2, 0.25) is 0 Å². The molecule has 0 bridgehead atoms. The summed E-state index contributed by atoms with van der Waals surface area (Å²) < 4.78 is 150. The monoisotopic (exact) mass is 1050 g/mol. The molecule has 5 nitrogen and oxygen atoms in total. The normalized spacial score (nSPS) is 15.4. The SMILES string of the molecule is [2H]c1c([2H])c([2H])c(-c2cccc(-c3c([2H])c([2H])c([2H])c([2H])c3[2H])c2-[n+]2[c-]n(-c3[c-]c(Oc4[c-]c5c(cc4)c4cccc(-c6c(C([2H])([2H])[2H])cccc6C([2H])([2H])[2H])c4n5-c4cc(C(C)(C)C)ccn4)ccc3)c3ccccc32)c([2H])c1[2H].[Pt]. The largest absolute Gasteiger partial charge is 0.510 e. The van der Waals surface area contributed by atoms with Crippen molar-refractivity contribution in [1.29, 1.82) is 0 Å². The Bertz CT molecular complexity index is 4250. The molecule has 0 spiro atoms. The Morgan fingerprint density at radius 1 is 0.652 bits per heavy atom. The summed E-state index contributed by atoms with van der Waals surface area (Å²) in [5, 5.41) is 1.36. The molecule has 3 aromatic heterocycles. The van der Waals surface area contributed by atoms with Crippen LogP contribution in [0.2, 0.25) is 0 Å². The molecule has 0 saturated carbocycles. The van der Waals surface area contributed by atoms with E-state index in [-0.39, 0.29) is 82.6 Å². The van der Waals surface area contributed by atoms with Gasteiger partial charge < -0.3 is 13.9 Å². The van der Waals surface area contributed by atoms with Crippen molar-refractivity contribution in [3.63, 3.8) is 0 Å². The van der Waals surface area contributed by atoms with Crippen LogP contribution in [0.5, 0.6) is 11.5 Å². The first kappa shape index (κ1) is 27.9. The van der Waals surface area contributed by atoms with Gasteiger partial charge in [-0.1, -0.05) is 166 Å². The number of para-hydroxylation sites is 4. The van der Waals surface area contributed by atoms with Crippen LogP contribution >= 0.6 is 0 Å². The fraction of sp³-hybridized carbons (Fsp3) is 0.100. The van der Waals surface area contributed by atoms with Gasteiger partial charge in [0.1, 0.15) is 5.82 Å². The molecule has 11 rings (SSSR count). The number of nitrogens with zero attached hydrogens (tertiary/aromatic N) is 4. The molecule has 0 amide bonds.